The molecule has 1 N–H and O–H groups in total. The summed E-state index contributed by atoms with van der Waals surface area (Å²) >= 11 is 0. The summed E-state index contributed by atoms with van der Waals surface area (Å²) < 4.78 is 27.0. The van der Waals surface area contributed by atoms with Crippen LogP contribution in [0.3, 0.4) is 0 Å². The molecule has 1 unspecified atom stereocenters. The molecule has 2 aliphatic rings. The minimum Gasteiger partial charge on any atom is -0.497 e. The number of hydrogen-bond donors (Lipinski definition) is 1. The predicted molar refractivity (Wildman–Crippen MR) is 110 cm³/mol. The van der Waals surface area contributed by atoms with Crippen LogP contribution in [0.4, 0.5) is 0 Å². The fourth-order valence-electron chi connectivity index (χ4n) is 3.70. The van der Waals surface area contributed by atoms with E-state index in [-0.39, 0.29) is 18.7 Å². The number of fused-ring (bicyclic) bond motifs is 1. The zero-order valence-electron chi connectivity index (χ0n) is 17.2. The summed E-state index contributed by atoms with van der Waals surface area (Å²) in [7, 11) is 3.12. The third-order valence-electron chi connectivity index (χ3n) is 5.34. The number of amides is 1. The van der Waals surface area contributed by atoms with Crippen molar-refractivity contribution < 1.29 is 28.5 Å². The first-order chi connectivity index (χ1) is 14.7. The van der Waals surface area contributed by atoms with Gasteiger partial charge in [0.2, 0.25) is 6.79 Å². The number of ether oxygens (including phenoxy) is 5. The monoisotopic (exact) mass is 414 g/mol. The molecule has 30 heavy (non-hydrogen) atoms. The van der Waals surface area contributed by atoms with Gasteiger partial charge >= 0.3 is 0 Å². The fourth-order valence-corrected chi connectivity index (χ4v) is 3.70. The van der Waals surface area contributed by atoms with E-state index in [4.69, 9.17) is 23.7 Å². The van der Waals surface area contributed by atoms with Crippen molar-refractivity contribution in [2.45, 2.75) is 6.04 Å². The number of rotatable bonds is 7. The third kappa shape index (κ3) is 4.44. The van der Waals surface area contributed by atoms with Gasteiger partial charge in [-0.05, 0) is 29.8 Å². The number of carbonyl (C=O) groups excluding carboxylic acids is 1. The van der Waals surface area contributed by atoms with Crippen LogP contribution in [0.25, 0.3) is 0 Å². The standard InChI is InChI=1S/C22H26N2O6/c1-26-17-9-16(10-18(12-17)27-2)22(25)23-13-19(24-5-7-28-8-6-24)15-3-4-20-21(11-15)30-14-29-20/h3-4,9-12,19H,5-8,13-14H2,1-2H3,(H,23,25). The van der Waals surface area contributed by atoms with Crippen LogP contribution in [-0.2, 0) is 4.74 Å². The molecular formula is C22H26N2O6. The molecule has 2 aliphatic heterocycles. The maximum Gasteiger partial charge on any atom is 0.251 e. The lowest BCUT2D eigenvalue weighted by Gasteiger charge is -2.35. The topological polar surface area (TPSA) is 78.5 Å². The van der Waals surface area contributed by atoms with E-state index in [2.05, 4.69) is 10.2 Å². The first kappa shape index (κ1) is 20.3. The van der Waals surface area contributed by atoms with Gasteiger partial charge in [-0.25, -0.2) is 0 Å². The second-order valence-electron chi connectivity index (χ2n) is 7.09. The number of nitrogens with zero attached hydrogens (tertiary/aromatic N) is 1. The minimum atomic E-state index is -0.189. The Hall–Kier alpha value is -2.97. The van der Waals surface area contributed by atoms with Crippen molar-refractivity contribution in [2.75, 3.05) is 53.9 Å². The molecule has 1 fully saturated rings. The van der Waals surface area contributed by atoms with Gasteiger partial charge < -0.3 is 29.0 Å². The van der Waals surface area contributed by atoms with E-state index in [0.717, 1.165) is 30.2 Å². The van der Waals surface area contributed by atoms with Crippen molar-refractivity contribution in [3.05, 3.63) is 47.5 Å². The lowest BCUT2D eigenvalue weighted by Crippen LogP contribution is -2.43. The van der Waals surface area contributed by atoms with Gasteiger partial charge in [-0.1, -0.05) is 6.07 Å². The molecule has 0 saturated carbocycles. The van der Waals surface area contributed by atoms with E-state index >= 15 is 0 Å². The van der Waals surface area contributed by atoms with Gasteiger partial charge in [0.05, 0.1) is 33.5 Å². The second-order valence-corrected chi connectivity index (χ2v) is 7.09. The number of hydrogen-bond acceptors (Lipinski definition) is 7. The van der Waals surface area contributed by atoms with Gasteiger partial charge in [-0.2, -0.15) is 0 Å². The van der Waals surface area contributed by atoms with Crippen LogP contribution >= 0.6 is 0 Å². The van der Waals surface area contributed by atoms with E-state index in [9.17, 15) is 4.79 Å². The third-order valence-corrected chi connectivity index (χ3v) is 5.34. The van der Waals surface area contributed by atoms with Crippen LogP contribution < -0.4 is 24.3 Å². The summed E-state index contributed by atoms with van der Waals surface area (Å²) in [4.78, 5) is 15.2. The zero-order valence-corrected chi connectivity index (χ0v) is 17.2. The number of methoxy groups -OCH3 is 2. The highest BCUT2D eigenvalue weighted by molar-refractivity contribution is 5.95. The molecule has 0 aromatic heterocycles. The van der Waals surface area contributed by atoms with Crippen LogP contribution in [0.15, 0.2) is 36.4 Å². The average Bonchev–Trinajstić information content (AvgIpc) is 3.27. The molecular weight excluding hydrogens is 388 g/mol. The van der Waals surface area contributed by atoms with E-state index in [1.54, 1.807) is 32.4 Å². The van der Waals surface area contributed by atoms with E-state index < -0.39 is 0 Å². The molecule has 2 aromatic carbocycles. The van der Waals surface area contributed by atoms with E-state index in [1.807, 2.05) is 18.2 Å². The summed E-state index contributed by atoms with van der Waals surface area (Å²) in [5, 5.41) is 3.06. The normalized spacial score (nSPS) is 16.7. The molecule has 2 heterocycles. The first-order valence-electron chi connectivity index (χ1n) is 9.90. The predicted octanol–water partition coefficient (Wildman–Crippen LogP) is 2.24. The van der Waals surface area contributed by atoms with Crippen LogP contribution in [0.2, 0.25) is 0 Å². The van der Waals surface area contributed by atoms with Gasteiger partial charge in [-0.3, -0.25) is 9.69 Å². The lowest BCUT2D eigenvalue weighted by atomic mass is 10.0. The Kier molecular flexibility index (Phi) is 6.25. The largest absolute Gasteiger partial charge is 0.497 e. The van der Waals surface area contributed by atoms with Crippen LogP contribution in [0, 0.1) is 0 Å². The molecule has 1 amide bonds. The highest BCUT2D eigenvalue weighted by atomic mass is 16.7. The molecule has 1 saturated heterocycles. The summed E-state index contributed by atoms with van der Waals surface area (Å²) in [6.07, 6.45) is 0. The summed E-state index contributed by atoms with van der Waals surface area (Å²) in [5.41, 5.74) is 1.54. The van der Waals surface area contributed by atoms with Crippen LogP contribution in [0.1, 0.15) is 22.0 Å². The lowest BCUT2D eigenvalue weighted by molar-refractivity contribution is 0.0162. The Balaban J connectivity index is 1.53. The highest BCUT2D eigenvalue weighted by Crippen LogP contribution is 2.35. The summed E-state index contributed by atoms with van der Waals surface area (Å²) in [6, 6.07) is 11.0. The molecule has 0 radical (unpaired) electrons. The van der Waals surface area contributed by atoms with Gasteiger partial charge in [0, 0.05) is 31.3 Å². The quantitative estimate of drug-likeness (QED) is 0.744. The molecule has 8 nitrogen and oxygen atoms in total. The van der Waals surface area contributed by atoms with Crippen molar-refractivity contribution in [3.63, 3.8) is 0 Å². The van der Waals surface area contributed by atoms with E-state index in [0.29, 0.717) is 36.8 Å². The number of morpholine rings is 1. The highest BCUT2D eigenvalue weighted by Gasteiger charge is 2.25. The summed E-state index contributed by atoms with van der Waals surface area (Å²) in [5.74, 6) is 2.42. The molecule has 0 spiro atoms. The Morgan fingerprint density at radius 2 is 1.73 bits per heavy atom. The summed E-state index contributed by atoms with van der Waals surface area (Å²) in [6.45, 7) is 3.60. The Morgan fingerprint density at radius 1 is 1.03 bits per heavy atom. The van der Waals surface area contributed by atoms with Crippen molar-refractivity contribution >= 4 is 5.91 Å². The van der Waals surface area contributed by atoms with Gasteiger partial charge in [0.1, 0.15) is 11.5 Å². The van der Waals surface area contributed by atoms with Gasteiger partial charge in [0.25, 0.3) is 5.91 Å². The minimum absolute atomic E-state index is 0.0140. The molecule has 1 atom stereocenters. The van der Waals surface area contributed by atoms with Crippen LogP contribution in [-0.4, -0.2) is 64.7 Å². The first-order valence-corrected chi connectivity index (χ1v) is 9.90. The van der Waals surface area contributed by atoms with Gasteiger partial charge in [0.15, 0.2) is 11.5 Å². The number of carbonyl (C=O) groups is 1. The Morgan fingerprint density at radius 3 is 2.43 bits per heavy atom. The molecule has 0 bridgehead atoms. The maximum absolute atomic E-state index is 12.9. The van der Waals surface area contributed by atoms with Crippen LogP contribution in [0.5, 0.6) is 23.0 Å². The van der Waals surface area contributed by atoms with Gasteiger partial charge in [-0.15, -0.1) is 0 Å². The zero-order chi connectivity index (χ0) is 20.9. The Bertz CT molecular complexity index is 875. The molecule has 160 valence electrons. The van der Waals surface area contributed by atoms with Crippen molar-refractivity contribution in [1.82, 2.24) is 10.2 Å². The number of benzene rings is 2. The SMILES string of the molecule is COc1cc(OC)cc(C(=O)NCC(c2ccc3c(c2)OCO3)N2CCOCC2)c1. The van der Waals surface area contributed by atoms with Crippen molar-refractivity contribution in [3.8, 4) is 23.0 Å². The van der Waals surface area contributed by atoms with E-state index in [1.165, 1.54) is 0 Å². The van der Waals surface area contributed by atoms with Crippen molar-refractivity contribution in [1.29, 1.82) is 0 Å². The molecule has 0 aliphatic carbocycles. The fraction of sp³-hybridized carbons (Fsp3) is 0.409. The average molecular weight is 414 g/mol. The number of nitrogens with one attached hydrogen (secondary N) is 1. The molecule has 4 rings (SSSR count). The molecule has 2 aromatic rings. The Labute approximate surface area is 175 Å². The smallest absolute Gasteiger partial charge is 0.251 e. The maximum atomic E-state index is 12.9. The molecule has 8 heteroatoms. The van der Waals surface area contributed by atoms with Crippen molar-refractivity contribution in [2.24, 2.45) is 0 Å². The second kappa shape index (κ2) is 9.23.